The highest BCUT2D eigenvalue weighted by molar-refractivity contribution is 5.72. The van der Waals surface area contributed by atoms with Gasteiger partial charge in [0.2, 0.25) is 5.91 Å². The van der Waals surface area contributed by atoms with E-state index in [9.17, 15) is 25.1 Å². The number of nitro groups is 1. The molecule has 0 aromatic carbocycles. The van der Waals surface area contributed by atoms with E-state index in [-0.39, 0.29) is 23.8 Å². The van der Waals surface area contributed by atoms with Crippen LogP contribution in [0.2, 0.25) is 0 Å². The number of amides is 1. The topological polar surface area (TPSA) is 126 Å². The number of nitrogens with one attached hydrogen (secondary N) is 1. The molecule has 0 fully saturated rings. The van der Waals surface area contributed by atoms with E-state index in [1.165, 1.54) is 19.9 Å². The molecule has 0 aliphatic carbocycles. The van der Waals surface area contributed by atoms with E-state index in [0.717, 1.165) is 6.20 Å². The van der Waals surface area contributed by atoms with Crippen molar-refractivity contribution in [1.29, 1.82) is 0 Å². The monoisotopic (exact) mass is 269 g/mol. The zero-order valence-electron chi connectivity index (χ0n) is 10.5. The van der Waals surface area contributed by atoms with Crippen LogP contribution in [0.4, 0.5) is 5.69 Å². The van der Waals surface area contributed by atoms with Crippen molar-refractivity contribution in [3.8, 4) is 0 Å². The third-order valence-corrected chi connectivity index (χ3v) is 2.53. The number of hydrogen-bond acceptors (Lipinski definition) is 6. The van der Waals surface area contributed by atoms with Gasteiger partial charge in [-0.2, -0.15) is 0 Å². The molecule has 0 bridgehead atoms. The summed E-state index contributed by atoms with van der Waals surface area (Å²) in [5.41, 5.74) is 0.286. The smallest absolute Gasteiger partial charge is 0.290 e. The Morgan fingerprint density at radius 2 is 2.21 bits per heavy atom. The molecule has 1 aromatic rings. The minimum Gasteiger partial charge on any atom is -0.388 e. The van der Waals surface area contributed by atoms with Crippen LogP contribution >= 0.6 is 0 Å². The molecule has 0 aliphatic rings. The van der Waals surface area contributed by atoms with Gasteiger partial charge in [0.05, 0.1) is 10.6 Å². The molecular weight excluding hydrogens is 254 g/mol. The fourth-order valence-electron chi connectivity index (χ4n) is 1.48. The predicted molar refractivity (Wildman–Crippen MR) is 65.3 cm³/mol. The van der Waals surface area contributed by atoms with E-state index in [1.807, 2.05) is 0 Å². The van der Waals surface area contributed by atoms with Gasteiger partial charge in [0, 0.05) is 19.0 Å². The van der Waals surface area contributed by atoms with E-state index in [1.54, 1.807) is 0 Å². The molecule has 0 radical (unpaired) electrons. The lowest BCUT2D eigenvalue weighted by Crippen LogP contribution is -2.34. The molecule has 1 amide bonds. The molecule has 2 unspecified atom stereocenters. The molecule has 2 atom stereocenters. The number of rotatable bonds is 5. The van der Waals surface area contributed by atoms with Gasteiger partial charge in [-0.05, 0) is 13.0 Å². The van der Waals surface area contributed by atoms with Crippen molar-refractivity contribution < 1.29 is 19.9 Å². The number of nitrogens with zero attached hydrogens (tertiary/aromatic N) is 2. The average molecular weight is 269 g/mol. The highest BCUT2D eigenvalue weighted by Crippen LogP contribution is 2.21. The molecule has 8 nitrogen and oxygen atoms in total. The Labute approximate surface area is 109 Å². The number of aliphatic hydroxyl groups is 2. The number of aromatic nitrogens is 1. The summed E-state index contributed by atoms with van der Waals surface area (Å²) in [5, 5.41) is 32.4. The summed E-state index contributed by atoms with van der Waals surface area (Å²) in [6.45, 7) is 2.66. The van der Waals surface area contributed by atoms with Gasteiger partial charge >= 0.3 is 0 Å². The van der Waals surface area contributed by atoms with E-state index in [0.29, 0.717) is 5.56 Å². The molecule has 3 N–H and O–H groups in total. The van der Waals surface area contributed by atoms with Gasteiger partial charge in [0.25, 0.3) is 5.69 Å². The quantitative estimate of drug-likeness (QED) is 0.503. The SMILES string of the molecule is CC(=O)NCC(O)C(O)c1cc(C)c([N+](=O)[O-])cn1. The normalized spacial score (nSPS) is 13.7. The predicted octanol–water partition coefficient (Wildman–Crippen LogP) is -0.171. The molecule has 0 saturated heterocycles. The second kappa shape index (κ2) is 6.21. The number of carbonyl (C=O) groups is 1. The minimum absolute atomic E-state index is 0.112. The standard InChI is InChI=1S/C11H15N3O5/c1-6-3-8(13-4-9(6)14(18)19)11(17)10(16)5-12-7(2)15/h3-4,10-11,16-17H,5H2,1-2H3,(H,12,15). The van der Waals surface area contributed by atoms with Crippen molar-refractivity contribution in [3.05, 3.63) is 33.6 Å². The second-order valence-electron chi connectivity index (χ2n) is 4.10. The van der Waals surface area contributed by atoms with Crippen molar-refractivity contribution in [2.75, 3.05) is 6.54 Å². The maximum Gasteiger partial charge on any atom is 0.290 e. The molecule has 19 heavy (non-hydrogen) atoms. The molecule has 104 valence electrons. The maximum atomic E-state index is 10.7. The van der Waals surface area contributed by atoms with Gasteiger partial charge in [-0.1, -0.05) is 0 Å². The molecule has 1 aromatic heterocycles. The van der Waals surface area contributed by atoms with E-state index >= 15 is 0 Å². The average Bonchev–Trinajstić information content (AvgIpc) is 2.34. The Kier molecular flexibility index (Phi) is 4.90. The van der Waals surface area contributed by atoms with Crippen molar-refractivity contribution in [2.24, 2.45) is 0 Å². The highest BCUT2D eigenvalue weighted by Gasteiger charge is 2.22. The number of aliphatic hydroxyl groups excluding tert-OH is 2. The van der Waals surface area contributed by atoms with Gasteiger partial charge in [-0.3, -0.25) is 19.9 Å². The van der Waals surface area contributed by atoms with Crippen molar-refractivity contribution in [2.45, 2.75) is 26.1 Å². The van der Waals surface area contributed by atoms with Crippen LogP contribution in [0, 0.1) is 17.0 Å². The van der Waals surface area contributed by atoms with E-state index < -0.39 is 17.1 Å². The first kappa shape index (κ1) is 15.0. The first-order chi connectivity index (χ1) is 8.82. The zero-order valence-corrected chi connectivity index (χ0v) is 10.5. The Bertz CT molecular complexity index is 491. The highest BCUT2D eigenvalue weighted by atomic mass is 16.6. The molecule has 8 heteroatoms. The largest absolute Gasteiger partial charge is 0.388 e. The van der Waals surface area contributed by atoms with E-state index in [2.05, 4.69) is 10.3 Å². The molecule has 1 rings (SSSR count). The lowest BCUT2D eigenvalue weighted by atomic mass is 10.1. The third-order valence-electron chi connectivity index (χ3n) is 2.53. The van der Waals surface area contributed by atoms with Crippen LogP contribution in [-0.4, -0.2) is 38.7 Å². The number of carbonyl (C=O) groups excluding carboxylic acids is 1. The maximum absolute atomic E-state index is 10.7. The van der Waals surface area contributed by atoms with Gasteiger partial charge in [-0.25, -0.2) is 0 Å². The third kappa shape index (κ3) is 3.97. The summed E-state index contributed by atoms with van der Waals surface area (Å²) in [6.07, 6.45) is -1.54. The van der Waals surface area contributed by atoms with E-state index in [4.69, 9.17) is 0 Å². The Hall–Kier alpha value is -2.06. The van der Waals surface area contributed by atoms with Gasteiger partial charge in [0.15, 0.2) is 0 Å². The second-order valence-corrected chi connectivity index (χ2v) is 4.10. The van der Waals surface area contributed by atoms with Crippen LogP contribution < -0.4 is 5.32 Å². The summed E-state index contributed by atoms with van der Waals surface area (Å²) in [4.78, 5) is 24.5. The zero-order chi connectivity index (χ0) is 14.6. The van der Waals surface area contributed by atoms with Gasteiger partial charge in [-0.15, -0.1) is 0 Å². The van der Waals surface area contributed by atoms with Crippen molar-refractivity contribution in [1.82, 2.24) is 10.3 Å². The number of aryl methyl sites for hydroxylation is 1. The lowest BCUT2D eigenvalue weighted by Gasteiger charge is -2.17. The Balaban J connectivity index is 2.82. The first-order valence-electron chi connectivity index (χ1n) is 5.54. The van der Waals surface area contributed by atoms with Crippen molar-refractivity contribution in [3.63, 3.8) is 0 Å². The van der Waals surface area contributed by atoms with Crippen LogP contribution in [0.25, 0.3) is 0 Å². The Morgan fingerprint density at radius 1 is 1.58 bits per heavy atom. The fraction of sp³-hybridized carbons (Fsp3) is 0.455. The molecule has 0 saturated carbocycles. The number of hydrogen-bond donors (Lipinski definition) is 3. The van der Waals surface area contributed by atoms with Crippen LogP contribution in [0.3, 0.4) is 0 Å². The molecule has 1 heterocycles. The van der Waals surface area contributed by atoms with Crippen LogP contribution in [0.5, 0.6) is 0 Å². The summed E-state index contributed by atoms with van der Waals surface area (Å²) >= 11 is 0. The molecular formula is C11H15N3O5. The number of pyridine rings is 1. The summed E-state index contributed by atoms with van der Waals surface area (Å²) in [6, 6.07) is 1.33. The summed E-state index contributed by atoms with van der Waals surface area (Å²) < 4.78 is 0. The minimum atomic E-state index is -1.33. The van der Waals surface area contributed by atoms with Gasteiger partial charge < -0.3 is 15.5 Å². The van der Waals surface area contributed by atoms with Crippen LogP contribution in [-0.2, 0) is 4.79 Å². The Morgan fingerprint density at radius 3 is 2.68 bits per heavy atom. The summed E-state index contributed by atoms with van der Waals surface area (Å²) in [7, 11) is 0. The molecule has 0 aliphatic heterocycles. The van der Waals surface area contributed by atoms with Crippen LogP contribution in [0.1, 0.15) is 24.3 Å². The summed E-state index contributed by atoms with van der Waals surface area (Å²) in [5.74, 6) is -0.334. The lowest BCUT2D eigenvalue weighted by molar-refractivity contribution is -0.385. The molecule has 0 spiro atoms. The fourth-order valence-corrected chi connectivity index (χ4v) is 1.48. The first-order valence-corrected chi connectivity index (χ1v) is 5.54. The van der Waals surface area contributed by atoms with Crippen LogP contribution in [0.15, 0.2) is 12.3 Å². The van der Waals surface area contributed by atoms with Crippen molar-refractivity contribution >= 4 is 11.6 Å². The van der Waals surface area contributed by atoms with Gasteiger partial charge in [0.1, 0.15) is 18.4 Å².